The van der Waals surface area contributed by atoms with Crippen LogP contribution in [0.5, 0.6) is 0 Å². The van der Waals surface area contributed by atoms with Crippen LogP contribution in [0.15, 0.2) is 24.3 Å². The Morgan fingerprint density at radius 1 is 1.46 bits per heavy atom. The maximum absolute atomic E-state index is 9.30. The molecule has 0 saturated heterocycles. The quantitative estimate of drug-likeness (QED) is 0.738. The lowest BCUT2D eigenvalue weighted by Crippen LogP contribution is -2.29. The molecule has 2 nitrogen and oxygen atoms in total. The highest BCUT2D eigenvalue weighted by atomic mass is 16.3. The van der Waals surface area contributed by atoms with E-state index in [0.29, 0.717) is 0 Å². The van der Waals surface area contributed by atoms with Crippen LogP contribution in [0, 0.1) is 0 Å². The van der Waals surface area contributed by atoms with Gasteiger partial charge in [-0.3, -0.25) is 0 Å². The summed E-state index contributed by atoms with van der Waals surface area (Å²) in [6.07, 6.45) is 0.870. The van der Waals surface area contributed by atoms with Gasteiger partial charge in [-0.05, 0) is 25.0 Å². The van der Waals surface area contributed by atoms with Gasteiger partial charge in [-0.15, -0.1) is 0 Å². The minimum Gasteiger partial charge on any atom is -0.392 e. The van der Waals surface area contributed by atoms with Crippen molar-refractivity contribution in [2.75, 3.05) is 18.0 Å². The lowest BCUT2D eigenvalue weighted by molar-refractivity contribution is 0.200. The Bertz CT molecular complexity index is 296. The van der Waals surface area contributed by atoms with Crippen LogP contribution in [0.25, 0.3) is 0 Å². The third-order valence-corrected chi connectivity index (χ3v) is 2.47. The van der Waals surface area contributed by atoms with Crippen LogP contribution in [-0.2, 0) is 6.42 Å². The standard InChI is InChI=1S/C11H15NO/c1-9(13)8-12-7-6-10-4-2-3-5-11(10)12/h2-5,9,13H,6-8H2,1H3. The molecule has 1 aliphatic heterocycles. The zero-order valence-electron chi connectivity index (χ0n) is 7.90. The summed E-state index contributed by atoms with van der Waals surface area (Å²) < 4.78 is 0. The van der Waals surface area contributed by atoms with Crippen LogP contribution in [0.3, 0.4) is 0 Å². The van der Waals surface area contributed by atoms with Crippen LogP contribution in [0.2, 0.25) is 0 Å². The SMILES string of the molecule is CC(O)CN1CCc2ccccc21. The van der Waals surface area contributed by atoms with E-state index >= 15 is 0 Å². The minimum absolute atomic E-state index is 0.244. The number of hydrogen-bond donors (Lipinski definition) is 1. The summed E-state index contributed by atoms with van der Waals surface area (Å²) in [7, 11) is 0. The van der Waals surface area contributed by atoms with Crippen molar-refractivity contribution in [1.29, 1.82) is 0 Å². The number of benzene rings is 1. The van der Waals surface area contributed by atoms with E-state index in [9.17, 15) is 5.11 Å². The maximum atomic E-state index is 9.30. The molecule has 1 aromatic carbocycles. The molecule has 1 heterocycles. The van der Waals surface area contributed by atoms with Gasteiger partial charge in [-0.25, -0.2) is 0 Å². The molecule has 0 radical (unpaired) electrons. The van der Waals surface area contributed by atoms with Crippen LogP contribution >= 0.6 is 0 Å². The third-order valence-electron chi connectivity index (χ3n) is 2.47. The predicted octanol–water partition coefficient (Wildman–Crippen LogP) is 1.43. The van der Waals surface area contributed by atoms with Gasteiger partial charge in [0.05, 0.1) is 6.10 Å². The van der Waals surface area contributed by atoms with Gasteiger partial charge in [0.25, 0.3) is 0 Å². The van der Waals surface area contributed by atoms with E-state index in [0.717, 1.165) is 19.5 Å². The number of anilines is 1. The molecule has 1 unspecified atom stereocenters. The number of rotatable bonds is 2. The summed E-state index contributed by atoms with van der Waals surface area (Å²) in [5.41, 5.74) is 2.70. The number of aliphatic hydroxyl groups is 1. The monoisotopic (exact) mass is 177 g/mol. The fourth-order valence-corrected chi connectivity index (χ4v) is 1.92. The molecule has 0 spiro atoms. The summed E-state index contributed by atoms with van der Waals surface area (Å²) in [5.74, 6) is 0. The third kappa shape index (κ3) is 1.68. The van der Waals surface area contributed by atoms with E-state index in [1.54, 1.807) is 0 Å². The number of fused-ring (bicyclic) bond motifs is 1. The first-order valence-corrected chi connectivity index (χ1v) is 4.78. The van der Waals surface area contributed by atoms with Crippen LogP contribution in [-0.4, -0.2) is 24.3 Å². The second-order valence-electron chi connectivity index (χ2n) is 3.67. The summed E-state index contributed by atoms with van der Waals surface area (Å²) in [6, 6.07) is 8.42. The molecule has 0 saturated carbocycles. The molecule has 0 aliphatic carbocycles. The topological polar surface area (TPSA) is 23.5 Å². The molecular weight excluding hydrogens is 162 g/mol. The molecule has 13 heavy (non-hydrogen) atoms. The van der Waals surface area contributed by atoms with Gasteiger partial charge in [0, 0.05) is 18.8 Å². The van der Waals surface area contributed by atoms with E-state index in [-0.39, 0.29) is 6.10 Å². The van der Waals surface area contributed by atoms with Crippen molar-refractivity contribution in [2.24, 2.45) is 0 Å². The van der Waals surface area contributed by atoms with E-state index in [2.05, 4.69) is 29.2 Å². The van der Waals surface area contributed by atoms with Crippen molar-refractivity contribution in [1.82, 2.24) is 0 Å². The Labute approximate surface area is 78.8 Å². The van der Waals surface area contributed by atoms with E-state index in [4.69, 9.17) is 0 Å². The molecular formula is C11H15NO. The maximum Gasteiger partial charge on any atom is 0.0687 e. The average molecular weight is 177 g/mol. The zero-order valence-corrected chi connectivity index (χ0v) is 7.90. The fraction of sp³-hybridized carbons (Fsp3) is 0.455. The van der Waals surface area contributed by atoms with Crippen molar-refractivity contribution in [3.8, 4) is 0 Å². The zero-order chi connectivity index (χ0) is 9.26. The lowest BCUT2D eigenvalue weighted by atomic mass is 10.2. The van der Waals surface area contributed by atoms with Crippen LogP contribution < -0.4 is 4.90 Å². The largest absolute Gasteiger partial charge is 0.392 e. The highest BCUT2D eigenvalue weighted by Crippen LogP contribution is 2.27. The molecule has 0 bridgehead atoms. The van der Waals surface area contributed by atoms with Gasteiger partial charge < -0.3 is 10.0 Å². The van der Waals surface area contributed by atoms with Crippen LogP contribution in [0.1, 0.15) is 12.5 Å². The Morgan fingerprint density at radius 3 is 3.00 bits per heavy atom. The molecule has 0 aromatic heterocycles. The van der Waals surface area contributed by atoms with Crippen molar-refractivity contribution in [2.45, 2.75) is 19.4 Å². The van der Waals surface area contributed by atoms with E-state index < -0.39 is 0 Å². The Morgan fingerprint density at radius 2 is 2.23 bits per heavy atom. The summed E-state index contributed by atoms with van der Waals surface area (Å²) in [4.78, 5) is 2.25. The second-order valence-corrected chi connectivity index (χ2v) is 3.67. The highest BCUT2D eigenvalue weighted by Gasteiger charge is 2.18. The summed E-state index contributed by atoms with van der Waals surface area (Å²) in [6.45, 7) is 3.63. The van der Waals surface area contributed by atoms with Gasteiger partial charge in [0.1, 0.15) is 0 Å². The van der Waals surface area contributed by atoms with E-state index in [1.807, 2.05) is 6.92 Å². The van der Waals surface area contributed by atoms with Gasteiger partial charge >= 0.3 is 0 Å². The van der Waals surface area contributed by atoms with E-state index in [1.165, 1.54) is 11.3 Å². The smallest absolute Gasteiger partial charge is 0.0687 e. The number of para-hydroxylation sites is 1. The van der Waals surface area contributed by atoms with Crippen molar-refractivity contribution in [3.05, 3.63) is 29.8 Å². The fourth-order valence-electron chi connectivity index (χ4n) is 1.92. The average Bonchev–Trinajstić information content (AvgIpc) is 2.48. The first-order chi connectivity index (χ1) is 6.27. The van der Waals surface area contributed by atoms with Gasteiger partial charge in [0.2, 0.25) is 0 Å². The summed E-state index contributed by atoms with van der Waals surface area (Å²) >= 11 is 0. The first-order valence-electron chi connectivity index (χ1n) is 4.78. The molecule has 1 aliphatic rings. The summed E-state index contributed by atoms with van der Waals surface area (Å²) in [5, 5.41) is 9.30. The molecule has 0 amide bonds. The predicted molar refractivity (Wildman–Crippen MR) is 54.0 cm³/mol. The highest BCUT2D eigenvalue weighted by molar-refractivity contribution is 5.57. The molecule has 1 atom stereocenters. The van der Waals surface area contributed by atoms with Crippen molar-refractivity contribution < 1.29 is 5.11 Å². The molecule has 2 rings (SSSR count). The normalized spacial score (nSPS) is 17.2. The minimum atomic E-state index is -0.244. The number of aliphatic hydroxyl groups excluding tert-OH is 1. The molecule has 2 heteroatoms. The molecule has 1 aromatic rings. The second kappa shape index (κ2) is 3.38. The first kappa shape index (κ1) is 8.57. The number of hydrogen-bond acceptors (Lipinski definition) is 2. The lowest BCUT2D eigenvalue weighted by Gasteiger charge is -2.20. The van der Waals surface area contributed by atoms with Crippen LogP contribution in [0.4, 0.5) is 5.69 Å². The van der Waals surface area contributed by atoms with Gasteiger partial charge in [-0.2, -0.15) is 0 Å². The Hall–Kier alpha value is -1.02. The number of β-amino-alcohol motifs (C(OH)–C–C–N with tert-alkyl or cyclic N) is 1. The molecule has 1 N–H and O–H groups in total. The van der Waals surface area contributed by atoms with Crippen molar-refractivity contribution in [3.63, 3.8) is 0 Å². The number of nitrogens with zero attached hydrogens (tertiary/aromatic N) is 1. The molecule has 0 fully saturated rings. The molecule has 70 valence electrons. The Kier molecular flexibility index (Phi) is 2.23. The van der Waals surface area contributed by atoms with Gasteiger partial charge in [-0.1, -0.05) is 18.2 Å². The Balaban J connectivity index is 2.18. The van der Waals surface area contributed by atoms with Crippen molar-refractivity contribution >= 4 is 5.69 Å². The van der Waals surface area contributed by atoms with Gasteiger partial charge in [0.15, 0.2) is 0 Å².